The van der Waals surface area contributed by atoms with Gasteiger partial charge in [0.05, 0.1) is 49.9 Å². The lowest BCUT2D eigenvalue weighted by Gasteiger charge is -2.32. The van der Waals surface area contributed by atoms with Crippen LogP contribution in [0.25, 0.3) is 0 Å². The predicted octanol–water partition coefficient (Wildman–Crippen LogP) is 3.34. The van der Waals surface area contributed by atoms with E-state index in [0.717, 1.165) is 11.8 Å². The van der Waals surface area contributed by atoms with E-state index in [9.17, 15) is 14.4 Å². The second-order valence-electron chi connectivity index (χ2n) is 7.40. The maximum atomic E-state index is 13.5. The third-order valence-electron chi connectivity index (χ3n) is 5.43. The van der Waals surface area contributed by atoms with Gasteiger partial charge >= 0.3 is 11.9 Å². The Morgan fingerprint density at radius 2 is 1.71 bits per heavy atom. The van der Waals surface area contributed by atoms with Crippen molar-refractivity contribution in [2.24, 2.45) is 10.1 Å². The van der Waals surface area contributed by atoms with Crippen LogP contribution in [0.5, 0.6) is 5.75 Å². The Kier molecular flexibility index (Phi) is 6.87. The van der Waals surface area contributed by atoms with Crippen LogP contribution in [-0.4, -0.2) is 54.3 Å². The lowest BCUT2D eigenvalue weighted by molar-refractivity contribution is -0.137. The summed E-state index contributed by atoms with van der Waals surface area (Å²) in [4.78, 5) is 44.1. The quantitative estimate of drug-likeness (QED) is 0.480. The Morgan fingerprint density at radius 1 is 1.03 bits per heavy atom. The first-order chi connectivity index (χ1) is 16.9. The molecular formula is C24H22N4O6S. The molecule has 1 saturated heterocycles. The van der Waals surface area contributed by atoms with E-state index in [2.05, 4.69) is 15.5 Å². The van der Waals surface area contributed by atoms with Gasteiger partial charge in [-0.15, -0.1) is 0 Å². The zero-order chi connectivity index (χ0) is 25.1. The van der Waals surface area contributed by atoms with Crippen LogP contribution < -0.4 is 10.2 Å². The summed E-state index contributed by atoms with van der Waals surface area (Å²) in [6.45, 7) is 1.69. The van der Waals surface area contributed by atoms with Gasteiger partial charge in [-0.2, -0.15) is 5.10 Å². The summed E-state index contributed by atoms with van der Waals surface area (Å²) in [7, 11) is 4.12. The van der Waals surface area contributed by atoms with Gasteiger partial charge in [0.1, 0.15) is 5.75 Å². The first kappa shape index (κ1) is 24.0. The monoisotopic (exact) mass is 494 g/mol. The van der Waals surface area contributed by atoms with Crippen LogP contribution in [0, 0.1) is 0 Å². The molecule has 180 valence electrons. The molecule has 0 aliphatic carbocycles. The van der Waals surface area contributed by atoms with E-state index in [-0.39, 0.29) is 16.2 Å². The molecule has 2 heterocycles. The number of ether oxygens (including phenoxy) is 3. The van der Waals surface area contributed by atoms with Gasteiger partial charge < -0.3 is 14.2 Å². The van der Waals surface area contributed by atoms with Gasteiger partial charge in [-0.3, -0.25) is 15.1 Å². The van der Waals surface area contributed by atoms with Crippen molar-refractivity contribution in [3.05, 3.63) is 70.9 Å². The minimum atomic E-state index is -0.768. The van der Waals surface area contributed by atoms with Crippen molar-refractivity contribution in [1.29, 1.82) is 0 Å². The molecule has 11 heteroatoms. The third kappa shape index (κ3) is 4.50. The van der Waals surface area contributed by atoms with Crippen LogP contribution in [-0.2, 0) is 19.1 Å². The molecule has 0 saturated carbocycles. The van der Waals surface area contributed by atoms with Gasteiger partial charge in [0.2, 0.25) is 0 Å². The van der Waals surface area contributed by atoms with Crippen molar-refractivity contribution < 1.29 is 28.6 Å². The number of hydrazone groups is 1. The van der Waals surface area contributed by atoms with E-state index >= 15 is 0 Å². The second kappa shape index (κ2) is 10.0. The number of amides is 1. The summed E-state index contributed by atoms with van der Waals surface area (Å²) >= 11 is 1.06. The number of amidine groups is 1. The van der Waals surface area contributed by atoms with Crippen molar-refractivity contribution >= 4 is 45.5 Å². The van der Waals surface area contributed by atoms with E-state index in [1.165, 1.54) is 19.1 Å². The first-order valence-corrected chi connectivity index (χ1v) is 11.3. The number of benzene rings is 2. The fourth-order valence-electron chi connectivity index (χ4n) is 3.73. The van der Waals surface area contributed by atoms with Gasteiger partial charge in [-0.05, 0) is 48.5 Å². The van der Waals surface area contributed by atoms with Crippen molar-refractivity contribution in [3.63, 3.8) is 0 Å². The van der Waals surface area contributed by atoms with E-state index in [1.54, 1.807) is 62.6 Å². The summed E-state index contributed by atoms with van der Waals surface area (Å²) in [5, 5.41) is 4.72. The number of anilines is 1. The molecule has 0 radical (unpaired) electrons. The highest BCUT2D eigenvalue weighted by Crippen LogP contribution is 2.42. The zero-order valence-electron chi connectivity index (χ0n) is 19.4. The lowest BCUT2D eigenvalue weighted by atomic mass is 9.94. The lowest BCUT2D eigenvalue weighted by Crippen LogP contribution is -2.40. The fraction of sp³-hybridized carbons (Fsp3) is 0.208. The average Bonchev–Trinajstić information content (AvgIpc) is 3.20. The zero-order valence-corrected chi connectivity index (χ0v) is 20.2. The molecule has 1 N–H and O–H groups in total. The number of thioether (sulfide) groups is 1. The number of esters is 2. The summed E-state index contributed by atoms with van der Waals surface area (Å²) in [6.07, 6.45) is 0. The number of hydrogen-bond acceptors (Lipinski definition) is 10. The fourth-order valence-corrected chi connectivity index (χ4v) is 4.64. The molecule has 1 atom stereocenters. The van der Waals surface area contributed by atoms with E-state index < -0.39 is 23.9 Å². The molecule has 2 aromatic rings. The number of fused-ring (bicyclic) bond motifs is 1. The first-order valence-electron chi connectivity index (χ1n) is 10.4. The number of para-hydroxylation sites is 1. The molecule has 4 rings (SSSR count). The summed E-state index contributed by atoms with van der Waals surface area (Å²) in [5.74, 6) is -0.940. The number of aliphatic imine (C=N–C) groups is 1. The molecular weight excluding hydrogens is 472 g/mol. The number of carbonyl (C=O) groups is 3. The molecule has 1 unspecified atom stereocenters. The van der Waals surface area contributed by atoms with Crippen molar-refractivity contribution in [2.75, 3.05) is 26.8 Å². The third-order valence-corrected chi connectivity index (χ3v) is 6.36. The van der Waals surface area contributed by atoms with Crippen molar-refractivity contribution in [1.82, 2.24) is 4.90 Å². The SMILES string of the molecule is COC(=O)C1=C(C)N=C2S/C(=N\Nc3ccccc3C(=O)OC)C(=O)N2C1c1ccc(OC)cc1. The Morgan fingerprint density at radius 3 is 2.37 bits per heavy atom. The van der Waals surface area contributed by atoms with Gasteiger partial charge in [-0.25, -0.2) is 14.6 Å². The van der Waals surface area contributed by atoms with Crippen molar-refractivity contribution in [2.45, 2.75) is 13.0 Å². The molecule has 2 aliphatic heterocycles. The molecule has 2 aliphatic rings. The maximum absolute atomic E-state index is 13.5. The Bertz CT molecular complexity index is 1290. The number of methoxy groups -OCH3 is 3. The number of allylic oxidation sites excluding steroid dienone is 1. The summed E-state index contributed by atoms with van der Waals surface area (Å²) in [5.41, 5.74) is 4.79. The highest BCUT2D eigenvalue weighted by Gasteiger charge is 2.46. The van der Waals surface area contributed by atoms with Gasteiger partial charge in [0, 0.05) is 0 Å². The smallest absolute Gasteiger partial charge is 0.340 e. The largest absolute Gasteiger partial charge is 0.497 e. The van der Waals surface area contributed by atoms with E-state index in [0.29, 0.717) is 27.9 Å². The van der Waals surface area contributed by atoms with E-state index in [4.69, 9.17) is 14.2 Å². The Hall–Kier alpha value is -4.12. The van der Waals surface area contributed by atoms with Crippen LogP contribution in [0.2, 0.25) is 0 Å². The minimum absolute atomic E-state index is 0.0980. The average molecular weight is 495 g/mol. The molecule has 0 bridgehead atoms. The van der Waals surface area contributed by atoms with Crippen LogP contribution in [0.1, 0.15) is 28.9 Å². The summed E-state index contributed by atoms with van der Waals surface area (Å²) < 4.78 is 15.0. The molecule has 0 aromatic heterocycles. The Balaban J connectivity index is 1.71. The number of hydrogen-bond donors (Lipinski definition) is 1. The molecule has 1 fully saturated rings. The number of nitrogens with zero attached hydrogens (tertiary/aromatic N) is 3. The Labute approximate surface area is 205 Å². The van der Waals surface area contributed by atoms with Gasteiger partial charge in [0.15, 0.2) is 10.2 Å². The summed E-state index contributed by atoms with van der Waals surface area (Å²) in [6, 6.07) is 12.9. The number of nitrogens with one attached hydrogen (secondary N) is 1. The van der Waals surface area contributed by atoms with Crippen LogP contribution in [0.4, 0.5) is 5.69 Å². The highest BCUT2D eigenvalue weighted by molar-refractivity contribution is 8.29. The molecule has 0 spiro atoms. The van der Waals surface area contributed by atoms with Crippen LogP contribution in [0.3, 0.4) is 0 Å². The molecule has 35 heavy (non-hydrogen) atoms. The molecule has 1 amide bonds. The van der Waals surface area contributed by atoms with E-state index in [1.807, 2.05) is 0 Å². The van der Waals surface area contributed by atoms with Crippen LogP contribution in [0.15, 0.2) is 69.9 Å². The highest BCUT2D eigenvalue weighted by atomic mass is 32.2. The predicted molar refractivity (Wildman–Crippen MR) is 131 cm³/mol. The normalized spacial score (nSPS) is 18.2. The molecule has 2 aromatic carbocycles. The minimum Gasteiger partial charge on any atom is -0.497 e. The molecule has 10 nitrogen and oxygen atoms in total. The standard InChI is InChI=1S/C24H22N4O6S/c1-13-18(23(31)34-4)19(14-9-11-15(32-2)12-10-14)28-21(29)20(35-24(28)25-13)27-26-17-8-6-5-7-16(17)22(30)33-3/h5-12,19,26H,1-4H3/b27-20-. The second-order valence-corrected chi connectivity index (χ2v) is 8.36. The number of rotatable bonds is 6. The van der Waals surface area contributed by atoms with Crippen molar-refractivity contribution in [3.8, 4) is 5.75 Å². The number of carbonyl (C=O) groups excluding carboxylic acids is 3. The van der Waals surface area contributed by atoms with Gasteiger partial charge in [0.25, 0.3) is 5.91 Å². The van der Waals surface area contributed by atoms with Gasteiger partial charge in [-0.1, -0.05) is 24.3 Å². The van der Waals surface area contributed by atoms with Crippen LogP contribution >= 0.6 is 11.8 Å². The topological polar surface area (TPSA) is 119 Å². The maximum Gasteiger partial charge on any atom is 0.340 e.